The summed E-state index contributed by atoms with van der Waals surface area (Å²) in [7, 11) is 0. The smallest absolute Gasteiger partial charge is 0.135 e. The van der Waals surface area contributed by atoms with E-state index < -0.39 is 0 Å². The fourth-order valence-electron chi connectivity index (χ4n) is 2.35. The molecule has 3 heteroatoms. The molecule has 1 saturated heterocycles. The molecule has 3 rings (SSSR count). The molecule has 3 nitrogen and oxygen atoms in total. The maximum absolute atomic E-state index is 6.11. The molecule has 0 aliphatic carbocycles. The number of benzene rings is 1. The lowest BCUT2D eigenvalue weighted by Gasteiger charge is -2.14. The van der Waals surface area contributed by atoms with Gasteiger partial charge in [0.25, 0.3) is 0 Å². The van der Waals surface area contributed by atoms with Crippen LogP contribution < -0.4 is 5.32 Å². The van der Waals surface area contributed by atoms with Gasteiger partial charge in [-0.2, -0.15) is 0 Å². The Morgan fingerprint density at radius 2 is 1.72 bits per heavy atom. The number of hydrogen-bond acceptors (Lipinski definition) is 3. The zero-order valence-electron chi connectivity index (χ0n) is 10.3. The summed E-state index contributed by atoms with van der Waals surface area (Å²) in [5.41, 5.74) is 2.34. The number of aromatic nitrogens is 1. The molecule has 1 aliphatic rings. The second kappa shape index (κ2) is 4.88. The van der Waals surface area contributed by atoms with Crippen LogP contribution in [0.25, 0.3) is 0 Å². The van der Waals surface area contributed by atoms with Gasteiger partial charge in [0, 0.05) is 18.4 Å². The van der Waals surface area contributed by atoms with Crippen LogP contribution in [0.4, 0.5) is 0 Å². The van der Waals surface area contributed by atoms with Crippen molar-refractivity contribution < 1.29 is 4.74 Å². The average molecular weight is 240 g/mol. The van der Waals surface area contributed by atoms with Crippen LogP contribution in [0.15, 0.2) is 54.9 Å². The minimum atomic E-state index is -0.0480. The van der Waals surface area contributed by atoms with E-state index in [9.17, 15) is 0 Å². The highest BCUT2D eigenvalue weighted by atomic mass is 16.5. The standard InChI is InChI=1S/C15H16N2O/c1-11-14(12-5-3-2-4-6-12)18-15(17-11)13-7-9-16-10-8-13/h2-11,14-15,17H,1H3. The van der Waals surface area contributed by atoms with Crippen LogP contribution in [-0.2, 0) is 4.74 Å². The van der Waals surface area contributed by atoms with E-state index in [2.05, 4.69) is 29.4 Å². The molecule has 1 aliphatic heterocycles. The molecule has 1 fully saturated rings. The lowest BCUT2D eigenvalue weighted by molar-refractivity contribution is 0.0363. The van der Waals surface area contributed by atoms with Gasteiger partial charge in [-0.05, 0) is 30.2 Å². The first-order valence-electron chi connectivity index (χ1n) is 6.21. The SMILES string of the molecule is CC1NC(c2ccncc2)OC1c1ccccc1. The van der Waals surface area contributed by atoms with Crippen LogP contribution in [0.1, 0.15) is 30.4 Å². The Labute approximate surface area is 107 Å². The Kier molecular flexibility index (Phi) is 3.09. The number of nitrogens with one attached hydrogen (secondary N) is 1. The molecule has 0 amide bonds. The van der Waals surface area contributed by atoms with E-state index in [0.29, 0.717) is 6.04 Å². The van der Waals surface area contributed by atoms with Gasteiger partial charge in [-0.25, -0.2) is 0 Å². The van der Waals surface area contributed by atoms with E-state index in [1.807, 2.05) is 30.3 Å². The highest BCUT2D eigenvalue weighted by molar-refractivity contribution is 5.22. The molecule has 0 saturated carbocycles. The molecular formula is C15H16N2O. The summed E-state index contributed by atoms with van der Waals surface area (Å²) in [6, 6.07) is 14.6. The van der Waals surface area contributed by atoms with Gasteiger partial charge in [0.15, 0.2) is 0 Å². The molecule has 0 bridgehead atoms. The number of nitrogens with zero attached hydrogens (tertiary/aromatic N) is 1. The first kappa shape index (κ1) is 11.4. The molecule has 1 aromatic heterocycles. The molecule has 0 radical (unpaired) electrons. The van der Waals surface area contributed by atoms with E-state index in [-0.39, 0.29) is 12.3 Å². The van der Waals surface area contributed by atoms with E-state index >= 15 is 0 Å². The van der Waals surface area contributed by atoms with Crippen LogP contribution in [0, 0.1) is 0 Å². The Balaban J connectivity index is 1.81. The molecule has 92 valence electrons. The first-order valence-corrected chi connectivity index (χ1v) is 6.21. The van der Waals surface area contributed by atoms with Crippen molar-refractivity contribution in [1.29, 1.82) is 0 Å². The molecule has 2 aromatic rings. The molecule has 1 aromatic carbocycles. The number of pyridine rings is 1. The molecule has 18 heavy (non-hydrogen) atoms. The van der Waals surface area contributed by atoms with Crippen molar-refractivity contribution in [2.24, 2.45) is 0 Å². The second-order valence-electron chi connectivity index (χ2n) is 4.58. The van der Waals surface area contributed by atoms with Gasteiger partial charge in [-0.1, -0.05) is 30.3 Å². The zero-order chi connectivity index (χ0) is 12.4. The summed E-state index contributed by atoms with van der Waals surface area (Å²) in [6.07, 6.45) is 3.64. The van der Waals surface area contributed by atoms with Gasteiger partial charge in [-0.3, -0.25) is 10.3 Å². The topological polar surface area (TPSA) is 34.2 Å². The van der Waals surface area contributed by atoms with Gasteiger partial charge in [0.05, 0.1) is 0 Å². The quantitative estimate of drug-likeness (QED) is 0.876. The van der Waals surface area contributed by atoms with Crippen LogP contribution >= 0.6 is 0 Å². The van der Waals surface area contributed by atoms with Gasteiger partial charge in [-0.15, -0.1) is 0 Å². The minimum Gasteiger partial charge on any atom is -0.350 e. The van der Waals surface area contributed by atoms with Crippen LogP contribution in [0.3, 0.4) is 0 Å². The van der Waals surface area contributed by atoms with E-state index in [4.69, 9.17) is 4.74 Å². The lowest BCUT2D eigenvalue weighted by atomic mass is 10.0. The van der Waals surface area contributed by atoms with E-state index in [1.54, 1.807) is 12.4 Å². The number of rotatable bonds is 2. The summed E-state index contributed by atoms with van der Waals surface area (Å²) in [5.74, 6) is 0. The molecule has 1 N–H and O–H groups in total. The van der Waals surface area contributed by atoms with Crippen molar-refractivity contribution in [1.82, 2.24) is 10.3 Å². The fraction of sp³-hybridized carbons (Fsp3) is 0.267. The molecule has 3 atom stereocenters. The number of hydrogen-bond donors (Lipinski definition) is 1. The van der Waals surface area contributed by atoms with Gasteiger partial charge in [0.1, 0.15) is 12.3 Å². The van der Waals surface area contributed by atoms with Crippen molar-refractivity contribution in [3.05, 3.63) is 66.0 Å². The highest BCUT2D eigenvalue weighted by Crippen LogP contribution is 2.34. The third kappa shape index (κ3) is 2.15. The van der Waals surface area contributed by atoms with Crippen molar-refractivity contribution in [2.75, 3.05) is 0 Å². The highest BCUT2D eigenvalue weighted by Gasteiger charge is 2.33. The predicted molar refractivity (Wildman–Crippen MR) is 69.8 cm³/mol. The Morgan fingerprint density at radius 1 is 1.00 bits per heavy atom. The van der Waals surface area contributed by atoms with Crippen molar-refractivity contribution in [2.45, 2.75) is 25.3 Å². The summed E-state index contributed by atoms with van der Waals surface area (Å²) in [5, 5.41) is 3.47. The van der Waals surface area contributed by atoms with Crippen molar-refractivity contribution in [3.8, 4) is 0 Å². The molecule has 0 spiro atoms. The average Bonchev–Trinajstić information content (AvgIpc) is 2.83. The summed E-state index contributed by atoms with van der Waals surface area (Å²) < 4.78 is 6.11. The van der Waals surface area contributed by atoms with Gasteiger partial charge >= 0.3 is 0 Å². The largest absolute Gasteiger partial charge is 0.350 e. The van der Waals surface area contributed by atoms with Crippen molar-refractivity contribution in [3.63, 3.8) is 0 Å². The second-order valence-corrected chi connectivity index (χ2v) is 4.58. The monoisotopic (exact) mass is 240 g/mol. The lowest BCUT2D eigenvalue weighted by Crippen LogP contribution is -2.23. The summed E-state index contributed by atoms with van der Waals surface area (Å²) >= 11 is 0. The molecular weight excluding hydrogens is 224 g/mol. The van der Waals surface area contributed by atoms with Crippen LogP contribution in [0.5, 0.6) is 0 Å². The zero-order valence-corrected chi connectivity index (χ0v) is 10.3. The maximum atomic E-state index is 6.11. The van der Waals surface area contributed by atoms with Crippen molar-refractivity contribution >= 4 is 0 Å². The van der Waals surface area contributed by atoms with Crippen LogP contribution in [-0.4, -0.2) is 11.0 Å². The fourth-order valence-corrected chi connectivity index (χ4v) is 2.35. The predicted octanol–water partition coefficient (Wildman–Crippen LogP) is 2.83. The molecule has 2 heterocycles. The summed E-state index contributed by atoms with van der Waals surface area (Å²) in [4.78, 5) is 4.03. The normalized spacial score (nSPS) is 27.3. The summed E-state index contributed by atoms with van der Waals surface area (Å²) in [6.45, 7) is 2.15. The Hall–Kier alpha value is -1.71. The minimum absolute atomic E-state index is 0.0480. The van der Waals surface area contributed by atoms with Gasteiger partial charge < -0.3 is 4.74 Å². The molecule has 3 unspecified atom stereocenters. The third-order valence-corrected chi connectivity index (χ3v) is 3.29. The third-order valence-electron chi connectivity index (χ3n) is 3.29. The first-order chi connectivity index (χ1) is 8.84. The maximum Gasteiger partial charge on any atom is 0.135 e. The Bertz CT molecular complexity index is 500. The van der Waals surface area contributed by atoms with Gasteiger partial charge in [0.2, 0.25) is 0 Å². The van der Waals surface area contributed by atoms with E-state index in [0.717, 1.165) is 5.56 Å². The van der Waals surface area contributed by atoms with Crippen LogP contribution in [0.2, 0.25) is 0 Å². The number of ether oxygens (including phenoxy) is 1. The van der Waals surface area contributed by atoms with E-state index in [1.165, 1.54) is 5.56 Å². The Morgan fingerprint density at radius 3 is 2.44 bits per heavy atom.